The fourth-order valence-corrected chi connectivity index (χ4v) is 3.70. The zero-order chi connectivity index (χ0) is 22.6. The number of aromatic amines is 1. The highest BCUT2D eigenvalue weighted by Gasteiger charge is 2.38. The van der Waals surface area contributed by atoms with Crippen LogP contribution in [0.2, 0.25) is 0 Å². The summed E-state index contributed by atoms with van der Waals surface area (Å²) in [5.74, 6) is -1.37. The van der Waals surface area contributed by atoms with Crippen molar-refractivity contribution >= 4 is 22.8 Å². The molecular weight excluding hydrogens is 428 g/mol. The second kappa shape index (κ2) is 7.08. The van der Waals surface area contributed by atoms with Gasteiger partial charge < -0.3 is 21.2 Å². The Kier molecular flexibility index (Phi) is 4.43. The fraction of sp³-hybridized carbons (Fsp3) is 0.190. The molecule has 0 bridgehead atoms. The van der Waals surface area contributed by atoms with Gasteiger partial charge in [0.1, 0.15) is 17.2 Å². The molecule has 1 saturated carbocycles. The van der Waals surface area contributed by atoms with E-state index in [1.54, 1.807) is 6.07 Å². The minimum absolute atomic E-state index is 0.153. The molecule has 0 amide bonds. The number of hydrogen-bond acceptors (Lipinski definition) is 6. The molecule has 11 heteroatoms. The number of nitrogen functional groups attached to an aromatic ring is 2. The number of alkyl halides is 3. The zero-order valence-electron chi connectivity index (χ0n) is 16.4. The summed E-state index contributed by atoms with van der Waals surface area (Å²) in [4.78, 5) is 14.2. The topological polar surface area (TPSA) is 116 Å². The highest BCUT2D eigenvalue weighted by Crippen LogP contribution is 2.46. The van der Waals surface area contributed by atoms with Gasteiger partial charge in [-0.25, -0.2) is 14.4 Å². The van der Waals surface area contributed by atoms with Gasteiger partial charge in [0, 0.05) is 12.4 Å². The summed E-state index contributed by atoms with van der Waals surface area (Å²) < 4.78 is 61.1. The van der Waals surface area contributed by atoms with Crippen molar-refractivity contribution in [3.05, 3.63) is 53.7 Å². The van der Waals surface area contributed by atoms with E-state index in [4.69, 9.17) is 16.2 Å². The van der Waals surface area contributed by atoms with Crippen LogP contribution < -0.4 is 16.2 Å². The molecule has 164 valence electrons. The number of aromatic nitrogens is 4. The Hall–Kier alpha value is -3.89. The number of benzene rings is 1. The van der Waals surface area contributed by atoms with E-state index in [-0.39, 0.29) is 11.3 Å². The first-order valence-electron chi connectivity index (χ1n) is 9.66. The number of nitrogens with zero attached hydrogens (tertiary/aromatic N) is 3. The minimum Gasteiger partial charge on any atom is -0.453 e. The van der Waals surface area contributed by atoms with Crippen LogP contribution in [0.4, 0.5) is 29.3 Å². The lowest BCUT2D eigenvalue weighted by molar-refractivity contribution is -0.140. The van der Waals surface area contributed by atoms with Crippen molar-refractivity contribution in [1.29, 1.82) is 0 Å². The molecule has 7 nitrogen and oxygen atoms in total. The third-order valence-corrected chi connectivity index (χ3v) is 5.25. The summed E-state index contributed by atoms with van der Waals surface area (Å²) in [6.45, 7) is 0. The second-order valence-electron chi connectivity index (χ2n) is 7.49. The number of nitrogens with two attached hydrogens (primary N) is 2. The van der Waals surface area contributed by atoms with Gasteiger partial charge in [-0.2, -0.15) is 18.2 Å². The van der Waals surface area contributed by atoms with E-state index in [1.165, 1.54) is 18.3 Å². The Bertz CT molecular complexity index is 1350. The number of rotatable bonds is 4. The third kappa shape index (κ3) is 3.45. The largest absolute Gasteiger partial charge is 0.453 e. The number of anilines is 2. The van der Waals surface area contributed by atoms with Crippen molar-refractivity contribution < 1.29 is 22.3 Å². The normalized spacial score (nSPS) is 14.1. The summed E-state index contributed by atoms with van der Waals surface area (Å²) in [6, 6.07) is 5.00. The molecule has 0 unspecified atom stereocenters. The lowest BCUT2D eigenvalue weighted by Gasteiger charge is -2.15. The highest BCUT2D eigenvalue weighted by molar-refractivity contribution is 5.87. The maximum Gasteiger partial charge on any atom is 0.434 e. The van der Waals surface area contributed by atoms with Crippen molar-refractivity contribution in [3.63, 3.8) is 0 Å². The molecule has 3 heterocycles. The molecule has 1 aromatic carbocycles. The fourth-order valence-electron chi connectivity index (χ4n) is 3.70. The molecule has 1 aliphatic rings. The summed E-state index contributed by atoms with van der Waals surface area (Å²) in [7, 11) is 0. The van der Waals surface area contributed by atoms with Gasteiger partial charge in [0.15, 0.2) is 17.3 Å². The third-order valence-electron chi connectivity index (χ3n) is 5.25. The monoisotopic (exact) mass is 444 g/mol. The predicted octanol–water partition coefficient (Wildman–Crippen LogP) is 5.01. The summed E-state index contributed by atoms with van der Waals surface area (Å²) >= 11 is 0. The molecule has 3 aromatic heterocycles. The van der Waals surface area contributed by atoms with E-state index in [2.05, 4.69) is 19.9 Å². The summed E-state index contributed by atoms with van der Waals surface area (Å²) in [5.41, 5.74) is 10.6. The zero-order valence-corrected chi connectivity index (χ0v) is 16.4. The van der Waals surface area contributed by atoms with Crippen molar-refractivity contribution in [2.45, 2.75) is 24.9 Å². The van der Waals surface area contributed by atoms with Crippen LogP contribution in [0.3, 0.4) is 0 Å². The Morgan fingerprint density at radius 1 is 1.06 bits per heavy atom. The lowest BCUT2D eigenvalue weighted by Crippen LogP contribution is -2.15. The van der Waals surface area contributed by atoms with Crippen molar-refractivity contribution in [3.8, 4) is 22.6 Å². The van der Waals surface area contributed by atoms with Crippen LogP contribution >= 0.6 is 0 Å². The van der Waals surface area contributed by atoms with Crippen molar-refractivity contribution in [1.82, 2.24) is 19.9 Å². The van der Waals surface area contributed by atoms with Crippen molar-refractivity contribution in [2.24, 2.45) is 0 Å². The van der Waals surface area contributed by atoms with Gasteiger partial charge in [-0.3, -0.25) is 0 Å². The van der Waals surface area contributed by atoms with Gasteiger partial charge >= 0.3 is 6.18 Å². The molecule has 0 atom stereocenters. The van der Waals surface area contributed by atoms with Crippen LogP contribution in [0.25, 0.3) is 22.2 Å². The van der Waals surface area contributed by atoms with E-state index in [1.807, 2.05) is 6.20 Å². The van der Waals surface area contributed by atoms with E-state index in [0.29, 0.717) is 17.3 Å². The van der Waals surface area contributed by atoms with E-state index < -0.39 is 35.0 Å². The van der Waals surface area contributed by atoms with Crippen LogP contribution in [0.5, 0.6) is 11.5 Å². The minimum atomic E-state index is -4.86. The lowest BCUT2D eigenvalue weighted by atomic mass is 10.0. The molecule has 0 aliphatic heterocycles. The number of pyridine rings is 1. The Labute approximate surface area is 178 Å². The average molecular weight is 444 g/mol. The first-order valence-corrected chi connectivity index (χ1v) is 9.66. The number of halogens is 4. The van der Waals surface area contributed by atoms with Crippen LogP contribution in [-0.2, 0) is 6.18 Å². The molecule has 0 radical (unpaired) electrons. The van der Waals surface area contributed by atoms with Gasteiger partial charge in [0.2, 0.25) is 5.95 Å². The van der Waals surface area contributed by atoms with E-state index >= 15 is 0 Å². The van der Waals surface area contributed by atoms with E-state index in [0.717, 1.165) is 29.9 Å². The molecule has 4 aromatic rings. The number of hydrogen-bond donors (Lipinski definition) is 3. The quantitative estimate of drug-likeness (QED) is 0.381. The number of fused-ring (bicyclic) bond motifs is 1. The van der Waals surface area contributed by atoms with Gasteiger partial charge in [0.05, 0.1) is 10.9 Å². The maximum absolute atomic E-state index is 14.9. The number of nitrogens with one attached hydrogen (secondary N) is 1. The maximum atomic E-state index is 14.9. The first-order chi connectivity index (χ1) is 15.2. The van der Waals surface area contributed by atoms with Gasteiger partial charge in [-0.15, -0.1) is 0 Å². The smallest absolute Gasteiger partial charge is 0.434 e. The highest BCUT2D eigenvalue weighted by atomic mass is 19.4. The molecule has 5 rings (SSSR count). The molecular formula is C21H16F4N6O. The van der Waals surface area contributed by atoms with Crippen LogP contribution in [-0.4, -0.2) is 19.9 Å². The summed E-state index contributed by atoms with van der Waals surface area (Å²) in [6.07, 6.45) is 0.638. The van der Waals surface area contributed by atoms with Gasteiger partial charge in [-0.1, -0.05) is 6.07 Å². The molecule has 1 fully saturated rings. The number of H-pyrrole nitrogens is 1. The van der Waals surface area contributed by atoms with Crippen LogP contribution in [0, 0.1) is 5.82 Å². The molecule has 1 aliphatic carbocycles. The van der Waals surface area contributed by atoms with E-state index in [9.17, 15) is 17.6 Å². The van der Waals surface area contributed by atoms with Crippen molar-refractivity contribution in [2.75, 3.05) is 11.5 Å². The summed E-state index contributed by atoms with van der Waals surface area (Å²) in [5, 5.41) is 0.758. The predicted molar refractivity (Wildman–Crippen MR) is 109 cm³/mol. The average Bonchev–Trinajstić information content (AvgIpc) is 3.47. The molecule has 0 spiro atoms. The Balaban J connectivity index is 1.55. The SMILES string of the molecule is Nc1nc(N)c(-c2ccc(Oc3ccnc4[nH]cc(C5CC5)c34)c(F)c2)c(C(F)(F)F)n1. The number of ether oxygens (including phenoxy) is 1. The first kappa shape index (κ1) is 20.0. The second-order valence-corrected chi connectivity index (χ2v) is 7.49. The van der Waals surface area contributed by atoms with Crippen LogP contribution in [0.1, 0.15) is 30.0 Å². The van der Waals surface area contributed by atoms with Gasteiger partial charge in [-0.05, 0) is 48.1 Å². The Morgan fingerprint density at radius 3 is 2.53 bits per heavy atom. The standard InChI is InChI=1S/C21H16F4N6O/c22-12-7-10(15-17(21(23,24)25)30-20(27)31-18(15)26)3-4-13(12)32-14-5-6-28-19-16(14)11(8-29-19)9-1-2-9/h3-9H,1-2H2,(H,28,29)(H4,26,27,30,31). The van der Waals surface area contributed by atoms with Crippen LogP contribution in [0.15, 0.2) is 36.7 Å². The Morgan fingerprint density at radius 2 is 1.84 bits per heavy atom. The molecule has 5 N–H and O–H groups in total. The van der Waals surface area contributed by atoms with Gasteiger partial charge in [0.25, 0.3) is 0 Å². The molecule has 32 heavy (non-hydrogen) atoms. The molecule has 0 saturated heterocycles.